The lowest BCUT2D eigenvalue weighted by Gasteiger charge is -2.27. The quantitative estimate of drug-likeness (QED) is 0.160. The smallest absolute Gasteiger partial charge is 0.0540 e. The highest BCUT2D eigenvalue weighted by Crippen LogP contribution is 2.42. The van der Waals surface area contributed by atoms with E-state index in [2.05, 4.69) is 229 Å². The van der Waals surface area contributed by atoms with Crippen molar-refractivity contribution in [2.45, 2.75) is 0 Å². The van der Waals surface area contributed by atoms with Crippen molar-refractivity contribution in [3.05, 3.63) is 224 Å². The molecule has 10 aromatic rings. The van der Waals surface area contributed by atoms with Gasteiger partial charge in [0, 0.05) is 16.8 Å². The van der Waals surface area contributed by atoms with E-state index < -0.39 is 0 Å². The molecule has 0 amide bonds. The lowest BCUT2D eigenvalue weighted by atomic mass is 9.90. The minimum atomic E-state index is 1.11. The van der Waals surface area contributed by atoms with Crippen LogP contribution < -0.4 is 4.90 Å². The molecule has 0 aliphatic carbocycles. The molecule has 0 aromatic heterocycles. The Hall–Kier alpha value is -7.22. The number of hydrogen-bond donors (Lipinski definition) is 0. The minimum Gasteiger partial charge on any atom is -0.310 e. The molecule has 0 spiro atoms. The molecule has 0 bridgehead atoms. The van der Waals surface area contributed by atoms with Crippen LogP contribution in [0.25, 0.3) is 76.8 Å². The number of benzene rings is 10. The number of anilines is 3. The first-order valence-corrected chi connectivity index (χ1v) is 18.9. The molecule has 0 aliphatic rings. The average molecular weight is 700 g/mol. The topological polar surface area (TPSA) is 3.24 Å². The first-order valence-electron chi connectivity index (χ1n) is 18.9. The third kappa shape index (κ3) is 6.12. The van der Waals surface area contributed by atoms with Gasteiger partial charge in [-0.25, -0.2) is 0 Å². The molecule has 0 heterocycles. The predicted molar refractivity (Wildman–Crippen MR) is 235 cm³/mol. The van der Waals surface area contributed by atoms with Gasteiger partial charge in [0.1, 0.15) is 0 Å². The summed E-state index contributed by atoms with van der Waals surface area (Å²) in [6.45, 7) is 0. The third-order valence-corrected chi connectivity index (χ3v) is 10.9. The van der Waals surface area contributed by atoms with Crippen LogP contribution in [0.5, 0.6) is 0 Å². The highest BCUT2D eigenvalue weighted by Gasteiger charge is 2.17. The predicted octanol–water partition coefficient (Wildman–Crippen LogP) is 15.3. The van der Waals surface area contributed by atoms with E-state index in [1.54, 1.807) is 0 Å². The number of hydrogen-bond acceptors (Lipinski definition) is 1. The molecule has 1 nitrogen and oxygen atoms in total. The molecule has 0 atom stereocenters. The molecular weight excluding hydrogens is 663 g/mol. The Balaban J connectivity index is 1.07. The van der Waals surface area contributed by atoms with Gasteiger partial charge in [0.25, 0.3) is 0 Å². The second-order valence-corrected chi connectivity index (χ2v) is 14.1. The van der Waals surface area contributed by atoms with E-state index in [4.69, 9.17) is 0 Å². The van der Waals surface area contributed by atoms with Crippen LogP contribution in [0.15, 0.2) is 224 Å². The third-order valence-electron chi connectivity index (χ3n) is 10.9. The zero-order valence-electron chi connectivity index (χ0n) is 30.3. The lowest BCUT2D eigenvalue weighted by Crippen LogP contribution is -2.10. The largest absolute Gasteiger partial charge is 0.310 e. The highest BCUT2D eigenvalue weighted by molar-refractivity contribution is 6.00. The molecule has 258 valence electrons. The normalized spacial score (nSPS) is 11.3. The second-order valence-electron chi connectivity index (χ2n) is 14.1. The van der Waals surface area contributed by atoms with Crippen LogP contribution in [0.1, 0.15) is 0 Å². The summed E-state index contributed by atoms with van der Waals surface area (Å²) in [5, 5.41) is 7.43. The van der Waals surface area contributed by atoms with Crippen molar-refractivity contribution in [2.75, 3.05) is 4.90 Å². The summed E-state index contributed by atoms with van der Waals surface area (Å²) in [6.07, 6.45) is 0. The maximum atomic E-state index is 2.39. The molecule has 0 N–H and O–H groups in total. The molecule has 0 aliphatic heterocycles. The Morgan fingerprint density at radius 1 is 0.236 bits per heavy atom. The SMILES string of the molecule is c1ccc(-c2ccc(-c3ccc(N(c4ccc(-c5cccc6ccccc56)cc4)c4cccc5ccccc45)cc3)cc2-c2ccc3ccccc3c2)cc1. The van der Waals surface area contributed by atoms with Crippen LogP contribution in [0.2, 0.25) is 0 Å². The number of nitrogens with zero attached hydrogens (tertiary/aromatic N) is 1. The Morgan fingerprint density at radius 2 is 0.764 bits per heavy atom. The van der Waals surface area contributed by atoms with Crippen molar-refractivity contribution in [1.82, 2.24) is 0 Å². The van der Waals surface area contributed by atoms with E-state index in [-0.39, 0.29) is 0 Å². The van der Waals surface area contributed by atoms with Crippen molar-refractivity contribution in [3.8, 4) is 44.5 Å². The van der Waals surface area contributed by atoms with Crippen LogP contribution in [0, 0.1) is 0 Å². The standard InChI is InChI=1S/C54H37N/c1-2-13-40(14-3-1)51-35-30-45(37-53(51)46-25-24-38-12-4-5-17-44(38)36-46)39-26-31-47(32-27-39)55(54-23-11-19-42-16-7-9-21-52(42)54)48-33-28-43(29-34-48)50-22-10-18-41-15-6-8-20-49(41)50/h1-37H. The Bertz CT molecular complexity index is 2950. The van der Waals surface area contributed by atoms with Gasteiger partial charge in [-0.1, -0.05) is 182 Å². The van der Waals surface area contributed by atoms with E-state index in [0.717, 1.165) is 17.1 Å². The van der Waals surface area contributed by atoms with Gasteiger partial charge in [0.2, 0.25) is 0 Å². The summed E-state index contributed by atoms with van der Waals surface area (Å²) < 4.78 is 0. The van der Waals surface area contributed by atoms with Gasteiger partial charge in [0.05, 0.1) is 5.69 Å². The van der Waals surface area contributed by atoms with Crippen molar-refractivity contribution in [1.29, 1.82) is 0 Å². The van der Waals surface area contributed by atoms with Gasteiger partial charge in [-0.15, -0.1) is 0 Å². The molecule has 10 aromatic carbocycles. The fourth-order valence-electron chi connectivity index (χ4n) is 8.09. The maximum absolute atomic E-state index is 2.39. The van der Waals surface area contributed by atoms with E-state index in [1.807, 2.05) is 0 Å². The average Bonchev–Trinajstić information content (AvgIpc) is 3.27. The Morgan fingerprint density at radius 3 is 1.51 bits per heavy atom. The summed E-state index contributed by atoms with van der Waals surface area (Å²) in [6, 6.07) is 81.5. The first-order chi connectivity index (χ1) is 27.3. The van der Waals surface area contributed by atoms with Crippen LogP contribution >= 0.6 is 0 Å². The van der Waals surface area contributed by atoms with Gasteiger partial charge in [-0.3, -0.25) is 0 Å². The van der Waals surface area contributed by atoms with Crippen LogP contribution in [0.3, 0.4) is 0 Å². The van der Waals surface area contributed by atoms with Crippen LogP contribution in [0.4, 0.5) is 17.1 Å². The monoisotopic (exact) mass is 699 g/mol. The maximum Gasteiger partial charge on any atom is 0.0540 e. The molecule has 55 heavy (non-hydrogen) atoms. The summed E-state index contributed by atoms with van der Waals surface area (Å²) in [5.74, 6) is 0. The van der Waals surface area contributed by atoms with E-state index in [1.165, 1.54) is 76.8 Å². The van der Waals surface area contributed by atoms with Crippen molar-refractivity contribution >= 4 is 49.4 Å². The second kappa shape index (κ2) is 14.0. The van der Waals surface area contributed by atoms with Gasteiger partial charge >= 0.3 is 0 Å². The molecule has 10 rings (SSSR count). The Kier molecular flexibility index (Phi) is 8.24. The van der Waals surface area contributed by atoms with Crippen molar-refractivity contribution in [2.24, 2.45) is 0 Å². The molecule has 0 saturated heterocycles. The van der Waals surface area contributed by atoms with Crippen LogP contribution in [-0.4, -0.2) is 0 Å². The molecule has 0 unspecified atom stereocenters. The lowest BCUT2D eigenvalue weighted by molar-refractivity contribution is 1.30. The van der Waals surface area contributed by atoms with Crippen molar-refractivity contribution < 1.29 is 0 Å². The molecule has 1 heteroatoms. The molecule has 0 radical (unpaired) electrons. The van der Waals surface area contributed by atoms with E-state index in [9.17, 15) is 0 Å². The van der Waals surface area contributed by atoms with Gasteiger partial charge in [0.15, 0.2) is 0 Å². The molecule has 0 fully saturated rings. The molecule has 0 saturated carbocycles. The van der Waals surface area contributed by atoms with Gasteiger partial charge < -0.3 is 4.90 Å². The first kappa shape index (κ1) is 32.4. The van der Waals surface area contributed by atoms with Crippen molar-refractivity contribution in [3.63, 3.8) is 0 Å². The zero-order chi connectivity index (χ0) is 36.6. The van der Waals surface area contributed by atoms with Gasteiger partial charge in [-0.05, 0) is 114 Å². The highest BCUT2D eigenvalue weighted by atomic mass is 15.1. The van der Waals surface area contributed by atoms with E-state index >= 15 is 0 Å². The summed E-state index contributed by atoms with van der Waals surface area (Å²) >= 11 is 0. The fourth-order valence-corrected chi connectivity index (χ4v) is 8.09. The summed E-state index contributed by atoms with van der Waals surface area (Å²) in [7, 11) is 0. The number of fused-ring (bicyclic) bond motifs is 3. The Labute approximate surface area is 322 Å². The van der Waals surface area contributed by atoms with Crippen LogP contribution in [-0.2, 0) is 0 Å². The fraction of sp³-hybridized carbons (Fsp3) is 0. The molecular formula is C54H37N. The van der Waals surface area contributed by atoms with E-state index in [0.29, 0.717) is 0 Å². The summed E-state index contributed by atoms with van der Waals surface area (Å²) in [5.41, 5.74) is 13.0. The number of rotatable bonds is 7. The minimum absolute atomic E-state index is 1.11. The zero-order valence-corrected chi connectivity index (χ0v) is 30.3. The van der Waals surface area contributed by atoms with Gasteiger partial charge in [-0.2, -0.15) is 0 Å². The summed E-state index contributed by atoms with van der Waals surface area (Å²) in [4.78, 5) is 2.39.